The molecular formula is C17H23NO2. The van der Waals surface area contributed by atoms with Crippen molar-refractivity contribution in [3.05, 3.63) is 34.5 Å². The molecule has 1 aromatic heterocycles. The summed E-state index contributed by atoms with van der Waals surface area (Å²) in [6.45, 7) is 7.32. The van der Waals surface area contributed by atoms with E-state index in [2.05, 4.69) is 37.9 Å². The molecule has 0 spiro atoms. The number of aliphatic hydroxyl groups is 1. The highest BCUT2D eigenvalue weighted by atomic mass is 16.5. The van der Waals surface area contributed by atoms with Crippen LogP contribution in [-0.2, 0) is 16.8 Å². The summed E-state index contributed by atoms with van der Waals surface area (Å²) in [5.74, 6) is 0. The van der Waals surface area contributed by atoms with Crippen molar-refractivity contribution in [2.24, 2.45) is 0 Å². The molecule has 1 aliphatic rings. The van der Waals surface area contributed by atoms with Crippen molar-refractivity contribution in [1.82, 2.24) is 4.98 Å². The molecule has 2 N–H and O–H groups in total. The number of hydrogen-bond acceptors (Lipinski definition) is 2. The van der Waals surface area contributed by atoms with E-state index in [4.69, 9.17) is 4.74 Å². The molecule has 0 saturated carbocycles. The van der Waals surface area contributed by atoms with E-state index in [-0.39, 0.29) is 12.2 Å². The Hall–Kier alpha value is -1.32. The Morgan fingerprint density at radius 2 is 2.15 bits per heavy atom. The first kappa shape index (κ1) is 13.7. The van der Waals surface area contributed by atoms with Crippen molar-refractivity contribution in [3.8, 4) is 0 Å². The summed E-state index contributed by atoms with van der Waals surface area (Å²) in [4.78, 5) is 3.60. The van der Waals surface area contributed by atoms with E-state index in [1.807, 2.05) is 0 Å². The largest absolute Gasteiger partial charge is 0.396 e. The number of aliphatic hydroxyl groups excluding tert-OH is 1. The summed E-state index contributed by atoms with van der Waals surface area (Å²) in [5.41, 5.74) is 6.02. The van der Waals surface area contributed by atoms with Crippen molar-refractivity contribution in [3.63, 3.8) is 0 Å². The molecule has 108 valence electrons. The molecule has 1 aromatic carbocycles. The van der Waals surface area contributed by atoms with E-state index < -0.39 is 0 Å². The molecule has 1 unspecified atom stereocenters. The second kappa shape index (κ2) is 4.90. The Bertz CT molecular complexity index is 644. The third kappa shape index (κ3) is 1.88. The number of ether oxygens (including phenoxy) is 1. The molecule has 0 fully saturated rings. The van der Waals surface area contributed by atoms with Crippen molar-refractivity contribution < 1.29 is 9.84 Å². The maximum atomic E-state index is 9.42. The topological polar surface area (TPSA) is 45.2 Å². The minimum Gasteiger partial charge on any atom is -0.396 e. The minimum absolute atomic E-state index is 0.153. The Labute approximate surface area is 120 Å². The van der Waals surface area contributed by atoms with Crippen LogP contribution < -0.4 is 0 Å². The predicted octanol–water partition coefficient (Wildman–Crippen LogP) is 3.35. The van der Waals surface area contributed by atoms with Gasteiger partial charge in [0.1, 0.15) is 5.60 Å². The number of aromatic amines is 1. The van der Waals surface area contributed by atoms with E-state index in [1.54, 1.807) is 0 Å². The molecule has 3 nitrogen and oxygen atoms in total. The lowest BCUT2D eigenvalue weighted by Crippen LogP contribution is -2.36. The van der Waals surface area contributed by atoms with E-state index in [0.717, 1.165) is 19.4 Å². The molecular weight excluding hydrogens is 250 g/mol. The van der Waals surface area contributed by atoms with Gasteiger partial charge >= 0.3 is 0 Å². The molecule has 1 atom stereocenters. The lowest BCUT2D eigenvalue weighted by molar-refractivity contribution is -0.0795. The van der Waals surface area contributed by atoms with Gasteiger partial charge in [-0.15, -0.1) is 0 Å². The lowest BCUT2D eigenvalue weighted by atomic mass is 9.86. The van der Waals surface area contributed by atoms with Crippen LogP contribution in [0, 0.1) is 13.8 Å². The average molecular weight is 273 g/mol. The number of fused-ring (bicyclic) bond motifs is 3. The molecule has 1 aliphatic heterocycles. The third-order valence-corrected chi connectivity index (χ3v) is 4.63. The van der Waals surface area contributed by atoms with Gasteiger partial charge in [0.05, 0.1) is 12.3 Å². The molecule has 0 saturated heterocycles. The van der Waals surface area contributed by atoms with Crippen molar-refractivity contribution in [2.75, 3.05) is 13.2 Å². The summed E-state index contributed by atoms with van der Waals surface area (Å²) >= 11 is 0. The van der Waals surface area contributed by atoms with E-state index in [1.165, 1.54) is 33.3 Å². The number of nitrogens with one attached hydrogen (secondary N) is 1. The fourth-order valence-electron chi connectivity index (χ4n) is 3.61. The predicted molar refractivity (Wildman–Crippen MR) is 81.1 cm³/mol. The van der Waals surface area contributed by atoms with E-state index >= 15 is 0 Å². The zero-order chi connectivity index (χ0) is 14.3. The molecule has 20 heavy (non-hydrogen) atoms. The van der Waals surface area contributed by atoms with Gasteiger partial charge in [0.2, 0.25) is 0 Å². The van der Waals surface area contributed by atoms with Gasteiger partial charge in [-0.2, -0.15) is 0 Å². The normalized spacial score (nSPS) is 22.2. The number of aryl methyl sites for hydroxylation is 2. The Morgan fingerprint density at radius 3 is 2.85 bits per heavy atom. The SMILES string of the molecule is CCC1(CCO)OCCc2c1[nH]c1c(C)cc(C)cc21. The van der Waals surface area contributed by atoms with Crippen LogP contribution in [0.4, 0.5) is 0 Å². The summed E-state index contributed by atoms with van der Waals surface area (Å²) in [6, 6.07) is 4.48. The number of H-pyrrole nitrogens is 1. The second-order valence-corrected chi connectivity index (χ2v) is 5.90. The molecule has 0 amide bonds. The Balaban J connectivity index is 2.27. The first-order valence-electron chi connectivity index (χ1n) is 7.48. The highest BCUT2D eigenvalue weighted by Gasteiger charge is 2.38. The lowest BCUT2D eigenvalue weighted by Gasteiger charge is -2.36. The highest BCUT2D eigenvalue weighted by molar-refractivity contribution is 5.88. The number of aromatic nitrogens is 1. The summed E-state index contributed by atoms with van der Waals surface area (Å²) in [6.07, 6.45) is 2.48. The zero-order valence-corrected chi connectivity index (χ0v) is 12.5. The van der Waals surface area contributed by atoms with Gasteiger partial charge < -0.3 is 14.8 Å². The van der Waals surface area contributed by atoms with Crippen LogP contribution in [0.2, 0.25) is 0 Å². The molecule has 2 heterocycles. The van der Waals surface area contributed by atoms with Gasteiger partial charge in [0.15, 0.2) is 0 Å². The van der Waals surface area contributed by atoms with E-state index in [0.29, 0.717) is 6.42 Å². The molecule has 3 rings (SSSR count). The zero-order valence-electron chi connectivity index (χ0n) is 12.5. The minimum atomic E-state index is -0.346. The first-order chi connectivity index (χ1) is 9.61. The summed E-state index contributed by atoms with van der Waals surface area (Å²) in [7, 11) is 0. The van der Waals surface area contributed by atoms with E-state index in [9.17, 15) is 5.11 Å². The number of rotatable bonds is 3. The molecule has 0 radical (unpaired) electrons. The van der Waals surface area contributed by atoms with Crippen LogP contribution in [0.15, 0.2) is 12.1 Å². The Kier molecular flexibility index (Phi) is 3.35. The quantitative estimate of drug-likeness (QED) is 0.901. The van der Waals surface area contributed by atoms with Crippen LogP contribution in [0.25, 0.3) is 10.9 Å². The monoisotopic (exact) mass is 273 g/mol. The molecule has 0 aliphatic carbocycles. The van der Waals surface area contributed by atoms with Crippen molar-refractivity contribution >= 4 is 10.9 Å². The molecule has 0 bridgehead atoms. The van der Waals surface area contributed by atoms with Crippen LogP contribution >= 0.6 is 0 Å². The first-order valence-corrected chi connectivity index (χ1v) is 7.48. The number of benzene rings is 1. The summed E-state index contributed by atoms with van der Waals surface area (Å²) < 4.78 is 6.09. The second-order valence-electron chi connectivity index (χ2n) is 5.90. The van der Waals surface area contributed by atoms with Gasteiger partial charge in [-0.1, -0.05) is 18.6 Å². The molecule has 2 aromatic rings. The maximum absolute atomic E-state index is 9.42. The van der Waals surface area contributed by atoms with Crippen molar-refractivity contribution in [2.45, 2.75) is 45.6 Å². The smallest absolute Gasteiger partial charge is 0.110 e. The fourth-order valence-corrected chi connectivity index (χ4v) is 3.61. The van der Waals surface area contributed by atoms with Crippen molar-refractivity contribution in [1.29, 1.82) is 0 Å². The van der Waals surface area contributed by atoms with Gasteiger partial charge in [0, 0.05) is 23.9 Å². The number of hydrogen-bond donors (Lipinski definition) is 2. The van der Waals surface area contributed by atoms with Crippen LogP contribution in [0.3, 0.4) is 0 Å². The molecule has 3 heteroatoms. The summed E-state index contributed by atoms with van der Waals surface area (Å²) in [5, 5.41) is 10.8. The van der Waals surface area contributed by atoms with Gasteiger partial charge in [0.25, 0.3) is 0 Å². The van der Waals surface area contributed by atoms with Gasteiger partial charge in [-0.05, 0) is 43.9 Å². The van der Waals surface area contributed by atoms with Crippen LogP contribution in [-0.4, -0.2) is 23.3 Å². The standard InChI is InChI=1S/C17H23NO2/c1-4-17(6-7-19)16-13(5-8-20-17)14-10-11(2)9-12(3)15(14)18-16/h9-10,18-19H,4-8H2,1-3H3. The maximum Gasteiger partial charge on any atom is 0.110 e. The highest BCUT2D eigenvalue weighted by Crippen LogP contribution is 2.42. The fraction of sp³-hybridized carbons (Fsp3) is 0.529. The average Bonchev–Trinajstić information content (AvgIpc) is 2.80. The van der Waals surface area contributed by atoms with Gasteiger partial charge in [-0.3, -0.25) is 0 Å². The van der Waals surface area contributed by atoms with Gasteiger partial charge in [-0.25, -0.2) is 0 Å². The van der Waals surface area contributed by atoms with Crippen LogP contribution in [0.5, 0.6) is 0 Å². The third-order valence-electron chi connectivity index (χ3n) is 4.63. The Morgan fingerprint density at radius 1 is 1.35 bits per heavy atom. The van der Waals surface area contributed by atoms with Crippen LogP contribution in [0.1, 0.15) is 42.1 Å².